The van der Waals surface area contributed by atoms with Gasteiger partial charge in [0.15, 0.2) is 0 Å². The third-order valence-corrected chi connectivity index (χ3v) is 5.44. The molecule has 3 rings (SSSR count). The Morgan fingerprint density at radius 2 is 2.00 bits per heavy atom. The van der Waals surface area contributed by atoms with E-state index in [0.717, 1.165) is 34.4 Å². The van der Waals surface area contributed by atoms with E-state index in [2.05, 4.69) is 17.6 Å². The molecule has 1 unspecified atom stereocenters. The Morgan fingerprint density at radius 1 is 1.26 bits per heavy atom. The number of nitrogens with one attached hydrogen (secondary N) is 1. The number of fused-ring (bicyclic) bond motifs is 1. The first-order valence-electron chi connectivity index (χ1n) is 10.2. The third-order valence-electron chi connectivity index (χ3n) is 5.44. The predicted molar refractivity (Wildman–Crippen MR) is 123 cm³/mol. The van der Waals surface area contributed by atoms with Crippen LogP contribution in [-0.4, -0.2) is 41.0 Å². The maximum atomic E-state index is 12.6. The Hall–Kier alpha value is -3.63. The van der Waals surface area contributed by atoms with E-state index < -0.39 is 6.04 Å². The standard InChI is InChI=1S/C25H27N3O3.H2/c1-4-24-22-12-8-9-19(15-27(3)25(31)26-20-10-6-5-7-11-20)23(22)16-28(24)21(17-29)14-13-18(2)30;/h5-12,17,21H,1,13-16H2,2-3H3,(H,26,31);1H. The SMILES string of the molecule is C=C=C1c2cccc(CN(C)C(=O)Nc3ccccc3)c2CN1C(C=O)CCC(C)=O.[HH]. The number of Topliss-reactive ketones (excluding diaryl/α,β-unsaturated/α-hetero) is 1. The number of para-hydroxylation sites is 1. The molecule has 2 aromatic carbocycles. The molecule has 1 heterocycles. The van der Waals surface area contributed by atoms with Crippen LogP contribution in [0.5, 0.6) is 0 Å². The molecule has 0 saturated carbocycles. The van der Waals surface area contributed by atoms with Crippen LogP contribution in [0.1, 0.15) is 37.9 Å². The van der Waals surface area contributed by atoms with Crippen LogP contribution in [0.15, 0.2) is 60.8 Å². The summed E-state index contributed by atoms with van der Waals surface area (Å²) in [5.74, 6) is 0.0550. The molecule has 0 aliphatic carbocycles. The number of amides is 2. The summed E-state index contributed by atoms with van der Waals surface area (Å²) in [4.78, 5) is 39.3. The smallest absolute Gasteiger partial charge is 0.321 e. The highest BCUT2D eigenvalue weighted by molar-refractivity contribution is 5.89. The number of rotatable bonds is 8. The van der Waals surface area contributed by atoms with Crippen molar-refractivity contribution in [3.63, 3.8) is 0 Å². The van der Waals surface area contributed by atoms with Gasteiger partial charge in [0, 0.05) is 39.2 Å². The second kappa shape index (κ2) is 9.92. The Labute approximate surface area is 184 Å². The maximum Gasteiger partial charge on any atom is 0.321 e. The normalized spacial score (nSPS) is 13.2. The van der Waals surface area contributed by atoms with Crippen molar-refractivity contribution < 1.29 is 15.8 Å². The molecule has 2 aromatic rings. The fraction of sp³-hybridized carbons (Fsp3) is 0.280. The highest BCUT2D eigenvalue weighted by Gasteiger charge is 2.31. The molecule has 2 amide bonds. The number of anilines is 1. The van der Waals surface area contributed by atoms with E-state index in [1.54, 1.807) is 11.9 Å². The number of benzene rings is 2. The summed E-state index contributed by atoms with van der Waals surface area (Å²) in [6.45, 7) is 6.26. The summed E-state index contributed by atoms with van der Waals surface area (Å²) in [6.07, 6.45) is 1.67. The number of hydrogen-bond acceptors (Lipinski definition) is 4. The molecule has 1 aliphatic heterocycles. The van der Waals surface area contributed by atoms with Crippen molar-refractivity contribution in [1.29, 1.82) is 0 Å². The summed E-state index contributed by atoms with van der Waals surface area (Å²) in [6, 6.07) is 14.6. The molecule has 1 N–H and O–H groups in total. The largest absolute Gasteiger partial charge is 0.351 e. The molecule has 1 aliphatic rings. The van der Waals surface area contributed by atoms with Gasteiger partial charge in [-0.2, -0.15) is 0 Å². The Kier molecular flexibility index (Phi) is 7.06. The molecule has 6 nitrogen and oxygen atoms in total. The number of carbonyl (C=O) groups excluding carboxylic acids is 3. The number of nitrogens with zero attached hydrogens (tertiary/aromatic N) is 2. The van der Waals surface area contributed by atoms with Crippen LogP contribution in [0.3, 0.4) is 0 Å². The molecule has 0 spiro atoms. The van der Waals surface area contributed by atoms with Crippen LogP contribution in [0, 0.1) is 0 Å². The zero-order valence-corrected chi connectivity index (χ0v) is 17.9. The number of hydrogen-bond donors (Lipinski definition) is 1. The van der Waals surface area contributed by atoms with Gasteiger partial charge in [-0.3, -0.25) is 0 Å². The van der Waals surface area contributed by atoms with Crippen LogP contribution in [0.2, 0.25) is 0 Å². The van der Waals surface area contributed by atoms with Crippen LogP contribution < -0.4 is 5.32 Å². The lowest BCUT2D eigenvalue weighted by molar-refractivity contribution is -0.117. The number of urea groups is 1. The molecule has 0 saturated heterocycles. The highest BCUT2D eigenvalue weighted by Crippen LogP contribution is 2.36. The number of aldehydes is 1. The van der Waals surface area contributed by atoms with Gasteiger partial charge in [-0.05, 0) is 36.6 Å². The van der Waals surface area contributed by atoms with Gasteiger partial charge < -0.3 is 24.7 Å². The Balaban J connectivity index is 0.00000363. The highest BCUT2D eigenvalue weighted by atomic mass is 16.2. The number of ketones is 1. The first-order chi connectivity index (χ1) is 14.9. The van der Waals surface area contributed by atoms with Crippen LogP contribution in [0.25, 0.3) is 5.70 Å². The molecule has 6 heteroatoms. The molecule has 1 atom stereocenters. The lowest BCUT2D eigenvalue weighted by Crippen LogP contribution is -2.32. The minimum absolute atomic E-state index is 0. The second-order valence-electron chi connectivity index (χ2n) is 7.69. The average Bonchev–Trinajstić information content (AvgIpc) is 3.14. The molecular weight excluding hydrogens is 390 g/mol. The van der Waals surface area contributed by atoms with E-state index in [1.165, 1.54) is 6.92 Å². The third kappa shape index (κ3) is 5.11. The van der Waals surface area contributed by atoms with Gasteiger partial charge in [-0.1, -0.05) is 43.0 Å². The van der Waals surface area contributed by atoms with Crippen molar-refractivity contribution in [2.45, 2.75) is 38.9 Å². The van der Waals surface area contributed by atoms with Gasteiger partial charge in [0.25, 0.3) is 0 Å². The van der Waals surface area contributed by atoms with Crippen LogP contribution in [-0.2, 0) is 22.7 Å². The van der Waals surface area contributed by atoms with Crippen molar-refractivity contribution in [2.24, 2.45) is 0 Å². The van der Waals surface area contributed by atoms with Crippen molar-refractivity contribution in [3.8, 4) is 0 Å². The molecule has 0 aromatic heterocycles. The quantitative estimate of drug-likeness (QED) is 0.506. The van der Waals surface area contributed by atoms with Gasteiger partial charge in [-0.25, -0.2) is 4.79 Å². The first-order valence-corrected chi connectivity index (χ1v) is 10.2. The molecule has 0 radical (unpaired) electrons. The minimum Gasteiger partial charge on any atom is -0.351 e. The first kappa shape index (κ1) is 22.1. The van der Waals surface area contributed by atoms with E-state index in [9.17, 15) is 14.4 Å². The van der Waals surface area contributed by atoms with E-state index in [-0.39, 0.29) is 13.2 Å². The monoisotopic (exact) mass is 419 g/mol. The van der Waals surface area contributed by atoms with Crippen LogP contribution >= 0.6 is 0 Å². The second-order valence-corrected chi connectivity index (χ2v) is 7.69. The predicted octanol–water partition coefficient (Wildman–Crippen LogP) is 4.47. The molecule has 0 fully saturated rings. The van der Waals surface area contributed by atoms with Crippen molar-refractivity contribution in [2.75, 3.05) is 12.4 Å². The minimum atomic E-state index is -0.424. The number of carbonyl (C=O) groups is 3. The molecular formula is C25H29N3O3. The van der Waals surface area contributed by atoms with Crippen molar-refractivity contribution in [3.05, 3.63) is 77.5 Å². The zero-order chi connectivity index (χ0) is 22.4. The fourth-order valence-corrected chi connectivity index (χ4v) is 3.79. The zero-order valence-electron chi connectivity index (χ0n) is 17.9. The lowest BCUT2D eigenvalue weighted by Gasteiger charge is -2.25. The lowest BCUT2D eigenvalue weighted by atomic mass is 10.0. The molecule has 0 bridgehead atoms. The topological polar surface area (TPSA) is 69.7 Å². The van der Waals surface area contributed by atoms with Gasteiger partial charge in [-0.15, -0.1) is 5.73 Å². The Morgan fingerprint density at radius 3 is 2.65 bits per heavy atom. The van der Waals surface area contributed by atoms with Gasteiger partial charge in [0.1, 0.15) is 12.1 Å². The summed E-state index contributed by atoms with van der Waals surface area (Å²) >= 11 is 0. The van der Waals surface area contributed by atoms with Crippen molar-refractivity contribution >= 4 is 29.5 Å². The summed E-state index contributed by atoms with van der Waals surface area (Å²) < 4.78 is 0. The Bertz CT molecular complexity index is 1030. The summed E-state index contributed by atoms with van der Waals surface area (Å²) in [7, 11) is 1.75. The molecule has 31 heavy (non-hydrogen) atoms. The fourth-order valence-electron chi connectivity index (χ4n) is 3.79. The average molecular weight is 420 g/mol. The van der Waals surface area contributed by atoms with Gasteiger partial charge >= 0.3 is 6.03 Å². The summed E-state index contributed by atoms with van der Waals surface area (Å²) in [5, 5.41) is 2.88. The van der Waals surface area contributed by atoms with Crippen LogP contribution in [0.4, 0.5) is 10.5 Å². The van der Waals surface area contributed by atoms with E-state index in [4.69, 9.17) is 0 Å². The van der Waals surface area contributed by atoms with E-state index in [1.807, 2.05) is 53.4 Å². The summed E-state index contributed by atoms with van der Waals surface area (Å²) in [5.41, 5.74) is 7.46. The van der Waals surface area contributed by atoms with Gasteiger partial charge in [0.05, 0.1) is 11.7 Å². The maximum absolute atomic E-state index is 12.6. The molecule has 162 valence electrons. The van der Waals surface area contributed by atoms with E-state index >= 15 is 0 Å². The van der Waals surface area contributed by atoms with E-state index in [0.29, 0.717) is 25.9 Å². The van der Waals surface area contributed by atoms with Gasteiger partial charge in [0.2, 0.25) is 0 Å². The van der Waals surface area contributed by atoms with Crippen molar-refractivity contribution in [1.82, 2.24) is 9.80 Å².